The minimum Gasteiger partial charge on any atom is -0.477 e. The summed E-state index contributed by atoms with van der Waals surface area (Å²) < 4.78 is 0. The maximum atomic E-state index is 12.2. The number of carbonyl (C=O) groups excluding carboxylic acids is 2. The zero-order valence-corrected chi connectivity index (χ0v) is 10.5. The molecule has 0 saturated carbocycles. The van der Waals surface area contributed by atoms with Gasteiger partial charge in [-0.25, -0.2) is 4.79 Å². The highest BCUT2D eigenvalue weighted by atomic mass is 16.6. The van der Waals surface area contributed by atoms with Gasteiger partial charge < -0.3 is 20.2 Å². The molecule has 2 rings (SSSR count). The standard InChI is InChI=1S/C11H15N3O5/c1-2-7-9(15)12-3-4-14(7)10(16)8-5-6(11(17)18)13-19-8/h7-8H,2-5H2,1H3,(H,12,15)(H,17,18). The van der Waals surface area contributed by atoms with Crippen LogP contribution in [0.3, 0.4) is 0 Å². The topological polar surface area (TPSA) is 108 Å². The molecular weight excluding hydrogens is 254 g/mol. The number of oxime groups is 1. The summed E-state index contributed by atoms with van der Waals surface area (Å²) in [4.78, 5) is 40.9. The third kappa shape index (κ3) is 2.51. The molecule has 104 valence electrons. The van der Waals surface area contributed by atoms with Gasteiger partial charge in [0.25, 0.3) is 5.91 Å². The Labute approximate surface area is 109 Å². The lowest BCUT2D eigenvalue weighted by molar-refractivity contribution is -0.151. The molecule has 1 saturated heterocycles. The normalized spacial score (nSPS) is 26.5. The van der Waals surface area contributed by atoms with Crippen molar-refractivity contribution >= 4 is 23.5 Å². The second-order valence-corrected chi connectivity index (χ2v) is 4.39. The maximum Gasteiger partial charge on any atom is 0.353 e. The first-order valence-corrected chi connectivity index (χ1v) is 6.08. The fourth-order valence-electron chi connectivity index (χ4n) is 2.21. The number of carboxylic acids is 1. The van der Waals surface area contributed by atoms with Crippen molar-refractivity contribution in [1.29, 1.82) is 0 Å². The van der Waals surface area contributed by atoms with Crippen LogP contribution in [-0.2, 0) is 19.2 Å². The van der Waals surface area contributed by atoms with E-state index >= 15 is 0 Å². The van der Waals surface area contributed by atoms with Crippen LogP contribution >= 0.6 is 0 Å². The number of hydrogen-bond donors (Lipinski definition) is 2. The number of carbonyl (C=O) groups is 3. The maximum absolute atomic E-state index is 12.2. The number of aliphatic carboxylic acids is 1. The van der Waals surface area contributed by atoms with Gasteiger partial charge in [-0.05, 0) is 6.42 Å². The molecule has 2 atom stereocenters. The molecule has 0 radical (unpaired) electrons. The predicted octanol–water partition coefficient (Wildman–Crippen LogP) is -1.05. The lowest BCUT2D eigenvalue weighted by atomic mass is 10.1. The van der Waals surface area contributed by atoms with Crippen LogP contribution < -0.4 is 5.32 Å². The highest BCUT2D eigenvalue weighted by molar-refractivity contribution is 6.36. The molecule has 0 aromatic carbocycles. The summed E-state index contributed by atoms with van der Waals surface area (Å²) in [5, 5.41) is 14.8. The summed E-state index contributed by atoms with van der Waals surface area (Å²) in [6, 6.07) is -0.529. The van der Waals surface area contributed by atoms with E-state index in [0.717, 1.165) is 0 Å². The van der Waals surface area contributed by atoms with E-state index in [4.69, 9.17) is 9.94 Å². The molecule has 0 bridgehead atoms. The van der Waals surface area contributed by atoms with E-state index < -0.39 is 18.1 Å². The van der Waals surface area contributed by atoms with Crippen LogP contribution in [0, 0.1) is 0 Å². The van der Waals surface area contributed by atoms with Crippen LogP contribution in [0.2, 0.25) is 0 Å². The summed E-state index contributed by atoms with van der Waals surface area (Å²) >= 11 is 0. The smallest absolute Gasteiger partial charge is 0.353 e. The van der Waals surface area contributed by atoms with E-state index in [0.29, 0.717) is 19.5 Å². The van der Waals surface area contributed by atoms with Gasteiger partial charge in [0.2, 0.25) is 12.0 Å². The van der Waals surface area contributed by atoms with Gasteiger partial charge >= 0.3 is 5.97 Å². The molecule has 8 heteroatoms. The molecule has 0 aliphatic carbocycles. The van der Waals surface area contributed by atoms with Crippen molar-refractivity contribution in [1.82, 2.24) is 10.2 Å². The van der Waals surface area contributed by atoms with Crippen molar-refractivity contribution in [3.05, 3.63) is 0 Å². The first-order valence-electron chi connectivity index (χ1n) is 6.08. The van der Waals surface area contributed by atoms with Crippen LogP contribution in [-0.4, -0.2) is 58.7 Å². The van der Waals surface area contributed by atoms with Gasteiger partial charge in [-0.2, -0.15) is 0 Å². The average Bonchev–Trinajstić information content (AvgIpc) is 2.87. The number of nitrogens with one attached hydrogen (secondary N) is 1. The monoisotopic (exact) mass is 269 g/mol. The summed E-state index contributed by atoms with van der Waals surface area (Å²) in [7, 11) is 0. The Morgan fingerprint density at radius 3 is 2.89 bits per heavy atom. The van der Waals surface area contributed by atoms with Gasteiger partial charge in [-0.3, -0.25) is 9.59 Å². The van der Waals surface area contributed by atoms with E-state index in [1.165, 1.54) is 4.90 Å². The molecule has 0 aromatic heterocycles. The third-order valence-electron chi connectivity index (χ3n) is 3.19. The van der Waals surface area contributed by atoms with E-state index in [-0.39, 0.29) is 23.9 Å². The molecule has 2 aliphatic rings. The van der Waals surface area contributed by atoms with E-state index in [2.05, 4.69) is 10.5 Å². The summed E-state index contributed by atoms with van der Waals surface area (Å²) in [5.41, 5.74) is -0.173. The molecule has 19 heavy (non-hydrogen) atoms. The number of nitrogens with zero attached hydrogens (tertiary/aromatic N) is 2. The Kier molecular flexibility index (Phi) is 3.68. The molecule has 8 nitrogen and oxygen atoms in total. The van der Waals surface area contributed by atoms with Gasteiger partial charge in [0, 0.05) is 19.5 Å². The Morgan fingerprint density at radius 1 is 1.58 bits per heavy atom. The first-order chi connectivity index (χ1) is 9.04. The second kappa shape index (κ2) is 5.25. The fourth-order valence-corrected chi connectivity index (χ4v) is 2.21. The zero-order chi connectivity index (χ0) is 14.0. The van der Waals surface area contributed by atoms with Crippen molar-refractivity contribution in [2.75, 3.05) is 13.1 Å². The van der Waals surface area contributed by atoms with Gasteiger partial charge in [0.05, 0.1) is 0 Å². The van der Waals surface area contributed by atoms with Crippen LogP contribution in [0.25, 0.3) is 0 Å². The minimum absolute atomic E-state index is 0.0667. The number of carboxylic acid groups (broad SMARTS) is 1. The number of piperazine rings is 1. The molecule has 0 spiro atoms. The largest absolute Gasteiger partial charge is 0.477 e. The molecule has 2 heterocycles. The Morgan fingerprint density at radius 2 is 2.32 bits per heavy atom. The lowest BCUT2D eigenvalue weighted by Gasteiger charge is -2.35. The average molecular weight is 269 g/mol. The van der Waals surface area contributed by atoms with Gasteiger partial charge in [-0.15, -0.1) is 0 Å². The molecule has 2 aliphatic heterocycles. The summed E-state index contributed by atoms with van der Waals surface area (Å²) in [6.45, 7) is 2.59. The Hall–Kier alpha value is -2.12. The Balaban J connectivity index is 2.04. The zero-order valence-electron chi connectivity index (χ0n) is 10.5. The molecule has 1 fully saturated rings. The quantitative estimate of drug-likeness (QED) is 0.679. The van der Waals surface area contributed by atoms with Gasteiger partial charge in [0.15, 0.2) is 5.71 Å². The highest BCUT2D eigenvalue weighted by Crippen LogP contribution is 2.17. The van der Waals surface area contributed by atoms with Crippen molar-refractivity contribution in [3.8, 4) is 0 Å². The fraction of sp³-hybridized carbons (Fsp3) is 0.636. The second-order valence-electron chi connectivity index (χ2n) is 4.39. The van der Waals surface area contributed by atoms with E-state index in [1.54, 1.807) is 0 Å². The summed E-state index contributed by atoms with van der Waals surface area (Å²) in [5.74, 6) is -1.78. The number of hydrogen-bond acceptors (Lipinski definition) is 5. The molecule has 2 amide bonds. The van der Waals surface area contributed by atoms with Crippen molar-refractivity contribution < 1.29 is 24.3 Å². The van der Waals surface area contributed by atoms with Gasteiger partial charge in [0.1, 0.15) is 6.04 Å². The SMILES string of the molecule is CCC1C(=O)NCCN1C(=O)C1CC(C(=O)O)=NO1. The molecule has 2 N–H and O–H groups in total. The van der Waals surface area contributed by atoms with Crippen molar-refractivity contribution in [3.63, 3.8) is 0 Å². The van der Waals surface area contributed by atoms with Crippen LogP contribution in [0.5, 0.6) is 0 Å². The molecule has 2 unspecified atom stereocenters. The molecular formula is C11H15N3O5. The first kappa shape index (κ1) is 13.3. The predicted molar refractivity (Wildman–Crippen MR) is 63.4 cm³/mol. The highest BCUT2D eigenvalue weighted by Gasteiger charge is 2.39. The molecule has 0 aromatic rings. The van der Waals surface area contributed by atoms with Crippen LogP contribution in [0.4, 0.5) is 0 Å². The van der Waals surface area contributed by atoms with Gasteiger partial charge in [-0.1, -0.05) is 12.1 Å². The van der Waals surface area contributed by atoms with Crippen molar-refractivity contribution in [2.45, 2.75) is 31.9 Å². The van der Waals surface area contributed by atoms with E-state index in [9.17, 15) is 14.4 Å². The Bertz CT molecular complexity index is 448. The summed E-state index contributed by atoms with van der Waals surface area (Å²) in [6.07, 6.45) is -0.509. The van der Waals surface area contributed by atoms with Crippen LogP contribution in [0.15, 0.2) is 5.16 Å². The third-order valence-corrected chi connectivity index (χ3v) is 3.19. The van der Waals surface area contributed by atoms with E-state index in [1.807, 2.05) is 6.92 Å². The minimum atomic E-state index is -1.20. The number of amides is 2. The van der Waals surface area contributed by atoms with Crippen LogP contribution in [0.1, 0.15) is 19.8 Å². The van der Waals surface area contributed by atoms with Crippen molar-refractivity contribution in [2.24, 2.45) is 5.16 Å². The lowest BCUT2D eigenvalue weighted by Crippen LogP contribution is -2.58. The number of rotatable bonds is 3.